The molecule has 0 bridgehead atoms. The van der Waals surface area contributed by atoms with E-state index in [2.05, 4.69) is 54.0 Å². The quantitative estimate of drug-likeness (QED) is 0.140. The van der Waals surface area contributed by atoms with E-state index in [0.717, 1.165) is 0 Å². The number of aliphatic hydroxyl groups is 1. The fourth-order valence-electron chi connectivity index (χ4n) is 2.49. The van der Waals surface area contributed by atoms with Gasteiger partial charge < -0.3 is 26.5 Å². The topological polar surface area (TPSA) is 124 Å². The summed E-state index contributed by atoms with van der Waals surface area (Å²) in [6.45, 7) is -0.153. The minimum atomic E-state index is -0.721. The van der Waals surface area contributed by atoms with Gasteiger partial charge in [0.1, 0.15) is 17.5 Å². The molecule has 34 heavy (non-hydrogen) atoms. The molecule has 0 saturated heterocycles. The Labute approximate surface area is 252 Å². The molecular weight excluding hydrogens is 713 g/mol. The Kier molecular flexibility index (Phi) is 13.3. The minimum Gasteiger partial charge on any atom is -0.590 e. The number of benzene rings is 1. The first-order valence-electron chi connectivity index (χ1n) is 8.63. The maximum atomic E-state index is 13.1. The summed E-state index contributed by atoms with van der Waals surface area (Å²) in [5.74, 6) is 6.00. The Bertz CT molecular complexity index is 1250. The van der Waals surface area contributed by atoms with Crippen molar-refractivity contribution in [2.45, 2.75) is 0 Å². The molecule has 0 unspecified atom stereocenters. The third-order valence-electron chi connectivity index (χ3n) is 3.81. The molecule has 2 heterocycles. The van der Waals surface area contributed by atoms with Gasteiger partial charge in [-0.15, -0.1) is 6.42 Å². The molecule has 3 rings (SSSR count). The molecule has 0 aliphatic heterocycles. The molecule has 0 aliphatic rings. The number of amides is 2. The molecule has 1 radical (unpaired) electrons. The number of aliphatic hydroxyl groups excluding tert-OH is 1. The van der Waals surface area contributed by atoms with Gasteiger partial charge in [-0.3, -0.25) is 9.36 Å². The molecule has 0 fully saturated rings. The van der Waals surface area contributed by atoms with Crippen LogP contribution in [0.2, 0.25) is 15.2 Å². The maximum absolute atomic E-state index is 13.1. The van der Waals surface area contributed by atoms with E-state index in [1.807, 2.05) is 5.92 Å². The third-order valence-corrected chi connectivity index (χ3v) is 5.95. The fourth-order valence-corrected chi connectivity index (χ4v) is 4.43. The van der Waals surface area contributed by atoms with Crippen LogP contribution >= 0.6 is 66.7 Å². The van der Waals surface area contributed by atoms with E-state index in [9.17, 15) is 9.59 Å². The van der Waals surface area contributed by atoms with Gasteiger partial charge in [0.15, 0.2) is 5.82 Å². The minimum absolute atomic E-state index is 0. The number of carbonyl (C=O) groups excluding carboxylic acids is 2. The van der Waals surface area contributed by atoms with Crippen LogP contribution in [0.1, 0.15) is 20.8 Å². The average Bonchev–Trinajstić information content (AvgIpc) is 3.09. The summed E-state index contributed by atoms with van der Waals surface area (Å²) in [5.41, 5.74) is 3.47. The van der Waals surface area contributed by atoms with Crippen LogP contribution in [-0.2, 0) is 32.7 Å². The fraction of sp³-hybridized carbons (Fsp3) is 0.0500. The number of hydrogen-bond acceptors (Lipinski definition) is 5. The molecule has 3 aromatic rings. The molecule has 2 aromatic heterocycles. The number of anilines is 1. The predicted octanol–water partition coefficient (Wildman–Crippen LogP) is 5.61. The zero-order valence-corrected chi connectivity index (χ0v) is 25.2. The number of nitrogens with zero attached hydrogens (tertiary/aromatic N) is 3. The van der Waals surface area contributed by atoms with Crippen molar-refractivity contribution in [1.82, 2.24) is 9.55 Å². The Hall–Kier alpha value is -0.996. The van der Waals surface area contributed by atoms with Gasteiger partial charge in [-0.2, -0.15) is 0 Å². The number of aromatic nitrogens is 2. The van der Waals surface area contributed by atoms with E-state index in [1.54, 1.807) is 18.2 Å². The smallest absolute Gasteiger partial charge is 0.272 e. The van der Waals surface area contributed by atoms with Crippen molar-refractivity contribution in [2.75, 3.05) is 11.9 Å². The van der Waals surface area contributed by atoms with Crippen molar-refractivity contribution in [3.05, 3.63) is 77.4 Å². The normalized spacial score (nSPS) is 9.71. The molecule has 175 valence electrons. The van der Waals surface area contributed by atoms with Gasteiger partial charge in [0.25, 0.3) is 5.91 Å². The summed E-state index contributed by atoms with van der Waals surface area (Å²) < 4.78 is 2.32. The summed E-state index contributed by atoms with van der Waals surface area (Å²) in [6, 6.07) is 7.73. The van der Waals surface area contributed by atoms with Crippen LogP contribution in [0.15, 0.2) is 45.5 Å². The molecule has 14 heteroatoms. The van der Waals surface area contributed by atoms with Crippen molar-refractivity contribution >= 4 is 84.2 Å². The number of halogens is 5. The van der Waals surface area contributed by atoms with Crippen LogP contribution in [0.4, 0.5) is 5.69 Å². The largest absolute Gasteiger partial charge is 0.590 e. The van der Waals surface area contributed by atoms with Crippen LogP contribution in [0.3, 0.4) is 0 Å². The van der Waals surface area contributed by atoms with Crippen LogP contribution in [0, 0.1) is 12.3 Å². The van der Waals surface area contributed by atoms with Crippen LogP contribution in [0.25, 0.3) is 11.2 Å². The molecule has 0 spiro atoms. The first-order chi connectivity index (χ1) is 15.7. The van der Waals surface area contributed by atoms with E-state index < -0.39 is 11.8 Å². The van der Waals surface area contributed by atoms with E-state index in [4.69, 9.17) is 45.8 Å². The molecule has 0 atom stereocenters. The molecule has 0 aliphatic carbocycles. The number of pyridine rings is 1. The zero-order valence-electron chi connectivity index (χ0n) is 16.9. The van der Waals surface area contributed by atoms with Gasteiger partial charge in [-0.1, -0.05) is 56.7 Å². The second-order valence-electron chi connectivity index (χ2n) is 5.87. The van der Waals surface area contributed by atoms with Crippen LogP contribution in [0.5, 0.6) is 0 Å². The van der Waals surface area contributed by atoms with Gasteiger partial charge >= 0.3 is 0 Å². The number of hydrogen-bond donors (Lipinski definition) is 3. The first-order valence-corrected chi connectivity index (χ1v) is 11.4. The Morgan fingerprint density at radius 3 is 2.44 bits per heavy atom. The monoisotopic (exact) mass is 723 g/mol. The zero-order chi connectivity index (χ0) is 24.7. The second-order valence-corrected chi connectivity index (χ2v) is 8.82. The molecule has 0 saturated carbocycles. The molecule has 1 aromatic carbocycles. The van der Waals surface area contributed by atoms with Gasteiger partial charge in [0.05, 0.1) is 21.6 Å². The number of nitrogens with two attached hydrogens (primary N) is 1. The Balaban J connectivity index is 0.00000107. The van der Waals surface area contributed by atoms with Crippen molar-refractivity contribution < 1.29 is 47.4 Å². The van der Waals surface area contributed by atoms with Gasteiger partial charge in [0.2, 0.25) is 0 Å². The number of nitrogens with one attached hydrogen (secondary N) is 1. The number of carbonyl (C=O) groups is 2. The summed E-state index contributed by atoms with van der Waals surface area (Å²) in [5, 5.41) is 10.7. The van der Waals surface area contributed by atoms with E-state index >= 15 is 0 Å². The van der Waals surface area contributed by atoms with Crippen molar-refractivity contribution in [2.24, 2.45) is 5.84 Å². The SMILES string of the molecule is C#CCO.N[N-]C(=O)c1cc(Br)cc(Br)c1NC(=O)c1cc(Cl)c(Cl)n1-c1ncccc1Cl.[Y]. The molecule has 8 nitrogen and oxygen atoms in total. The van der Waals surface area contributed by atoms with Gasteiger partial charge in [-0.05, 0) is 46.3 Å². The summed E-state index contributed by atoms with van der Waals surface area (Å²) in [6.07, 6.45) is 6.03. The molecule has 4 N–H and O–H groups in total. The van der Waals surface area contributed by atoms with Crippen LogP contribution < -0.4 is 11.2 Å². The van der Waals surface area contributed by atoms with E-state index in [0.29, 0.717) is 8.95 Å². The summed E-state index contributed by atoms with van der Waals surface area (Å²) in [4.78, 5) is 29.3. The van der Waals surface area contributed by atoms with E-state index in [-0.39, 0.29) is 77.3 Å². The Morgan fingerprint density at radius 1 is 1.24 bits per heavy atom. The molecular formula is C20H13Br2Cl3N5O3Y-. The summed E-state index contributed by atoms with van der Waals surface area (Å²) >= 11 is 25.2. The van der Waals surface area contributed by atoms with Crippen LogP contribution in [-0.4, -0.2) is 33.1 Å². The maximum Gasteiger partial charge on any atom is 0.272 e. The summed E-state index contributed by atoms with van der Waals surface area (Å²) in [7, 11) is 0. The van der Waals surface area contributed by atoms with Gasteiger partial charge in [0, 0.05) is 53.4 Å². The van der Waals surface area contributed by atoms with E-state index in [1.165, 1.54) is 22.9 Å². The number of terminal acetylenes is 1. The standard InChI is InChI=1S/C17H10Br2Cl3N5O2.C3H4O.Y/c18-7-4-8(16(28)26-23)13(9(19)5-7)25-17(29)12-6-11(21)14(22)27(12)15-10(20)2-1-3-24-15;1-2-3-4;/h1-6H,23H2,(H2,25,26,28,29);1,4H,3H2;/p-1. The predicted molar refractivity (Wildman–Crippen MR) is 136 cm³/mol. The van der Waals surface area contributed by atoms with Crippen molar-refractivity contribution in [3.8, 4) is 18.2 Å². The average molecular weight is 726 g/mol. The number of rotatable bonds is 4. The van der Waals surface area contributed by atoms with Crippen molar-refractivity contribution in [3.63, 3.8) is 0 Å². The van der Waals surface area contributed by atoms with Gasteiger partial charge in [-0.25, -0.2) is 4.98 Å². The second kappa shape index (κ2) is 14.5. The molecule has 2 amide bonds. The van der Waals surface area contributed by atoms with Crippen molar-refractivity contribution in [1.29, 1.82) is 0 Å². The Morgan fingerprint density at radius 2 is 1.88 bits per heavy atom. The third kappa shape index (κ3) is 7.50. The first kappa shape index (κ1) is 31.0.